The molecule has 0 radical (unpaired) electrons. The second-order valence-electron chi connectivity index (χ2n) is 4.71. The van der Waals surface area contributed by atoms with E-state index in [4.69, 9.17) is 23.2 Å². The Hall–Kier alpha value is -0.540. The molecule has 0 amide bonds. The molecule has 2 rings (SSSR count). The second kappa shape index (κ2) is 7.46. The lowest BCUT2D eigenvalue weighted by molar-refractivity contribution is 0.259. The van der Waals surface area contributed by atoms with Crippen LogP contribution in [0.25, 0.3) is 0 Å². The average Bonchev–Trinajstić information content (AvgIpc) is 2.43. The van der Waals surface area contributed by atoms with Crippen molar-refractivity contribution in [2.24, 2.45) is 0 Å². The van der Waals surface area contributed by atoms with Crippen LogP contribution in [-0.2, 0) is 6.42 Å². The quantitative estimate of drug-likeness (QED) is 0.737. The Morgan fingerprint density at radius 1 is 1.05 bits per heavy atom. The fraction of sp³-hybridized carbons (Fsp3) is 0.250. The van der Waals surface area contributed by atoms with Crippen molar-refractivity contribution in [3.8, 4) is 0 Å². The van der Waals surface area contributed by atoms with Gasteiger partial charge in [-0.05, 0) is 48.2 Å². The number of hydrogen-bond donors (Lipinski definition) is 1. The molecule has 106 valence electrons. The summed E-state index contributed by atoms with van der Waals surface area (Å²) in [5, 5.41) is 10.8. The van der Waals surface area contributed by atoms with Gasteiger partial charge in [0.25, 0.3) is 0 Å². The van der Waals surface area contributed by atoms with Crippen LogP contribution in [0.15, 0.2) is 46.9 Å². The van der Waals surface area contributed by atoms with Crippen molar-refractivity contribution in [1.82, 2.24) is 0 Å². The lowest BCUT2D eigenvalue weighted by Gasteiger charge is -2.16. The van der Waals surface area contributed by atoms with E-state index in [0.29, 0.717) is 10.0 Å². The molecule has 0 aliphatic heterocycles. The van der Waals surface area contributed by atoms with E-state index in [1.807, 2.05) is 24.3 Å². The van der Waals surface area contributed by atoms with Gasteiger partial charge in [-0.3, -0.25) is 0 Å². The Morgan fingerprint density at radius 2 is 1.75 bits per heavy atom. The molecule has 0 aromatic heterocycles. The van der Waals surface area contributed by atoms with Gasteiger partial charge in [0, 0.05) is 27.0 Å². The van der Waals surface area contributed by atoms with E-state index in [2.05, 4.69) is 28.1 Å². The Balaban J connectivity index is 2.07. The van der Waals surface area contributed by atoms with Crippen molar-refractivity contribution in [2.45, 2.75) is 18.8 Å². The molecular formula is C16H15BrCl2O. The van der Waals surface area contributed by atoms with Gasteiger partial charge in [-0.2, -0.15) is 0 Å². The Kier molecular flexibility index (Phi) is 5.91. The first-order valence-corrected chi connectivity index (χ1v) is 7.95. The van der Waals surface area contributed by atoms with Crippen LogP contribution in [-0.4, -0.2) is 11.7 Å². The molecule has 0 unspecified atom stereocenters. The van der Waals surface area contributed by atoms with Crippen molar-refractivity contribution in [1.29, 1.82) is 0 Å². The number of aliphatic hydroxyl groups excluding tert-OH is 1. The first-order valence-electron chi connectivity index (χ1n) is 6.40. The van der Waals surface area contributed by atoms with Crippen LogP contribution in [0.2, 0.25) is 10.0 Å². The molecule has 0 saturated heterocycles. The van der Waals surface area contributed by atoms with Gasteiger partial charge in [0.15, 0.2) is 0 Å². The van der Waals surface area contributed by atoms with E-state index >= 15 is 0 Å². The number of rotatable bonds is 5. The van der Waals surface area contributed by atoms with Crippen LogP contribution in [0.1, 0.15) is 23.5 Å². The SMILES string of the molecule is OC[C@@H](CCc1ccc(Br)cc1)c1ccc(Cl)cc1Cl. The second-order valence-corrected chi connectivity index (χ2v) is 6.47. The van der Waals surface area contributed by atoms with Crippen molar-refractivity contribution in [2.75, 3.05) is 6.61 Å². The highest BCUT2D eigenvalue weighted by Crippen LogP contribution is 2.30. The maximum absolute atomic E-state index is 9.60. The fourth-order valence-electron chi connectivity index (χ4n) is 2.17. The summed E-state index contributed by atoms with van der Waals surface area (Å²) >= 11 is 15.5. The first-order chi connectivity index (χ1) is 9.60. The third kappa shape index (κ3) is 4.23. The molecule has 0 saturated carbocycles. The zero-order valence-corrected chi connectivity index (χ0v) is 13.9. The van der Waals surface area contributed by atoms with Gasteiger partial charge in [0.05, 0.1) is 0 Å². The van der Waals surface area contributed by atoms with E-state index < -0.39 is 0 Å². The summed E-state index contributed by atoms with van der Waals surface area (Å²) in [6.07, 6.45) is 1.75. The smallest absolute Gasteiger partial charge is 0.0500 e. The van der Waals surface area contributed by atoms with Crippen molar-refractivity contribution in [3.63, 3.8) is 0 Å². The molecule has 0 heterocycles. The molecule has 0 fully saturated rings. The van der Waals surface area contributed by atoms with Gasteiger partial charge in [-0.15, -0.1) is 0 Å². The summed E-state index contributed by atoms with van der Waals surface area (Å²) < 4.78 is 1.07. The molecular weight excluding hydrogens is 359 g/mol. The molecule has 1 nitrogen and oxygen atoms in total. The summed E-state index contributed by atoms with van der Waals surface area (Å²) in [5.41, 5.74) is 2.20. The molecule has 0 aliphatic carbocycles. The molecule has 2 aromatic carbocycles. The Bertz CT molecular complexity index is 569. The van der Waals surface area contributed by atoms with Crippen molar-refractivity contribution in [3.05, 3.63) is 68.1 Å². The molecule has 4 heteroatoms. The number of aryl methyl sites for hydroxylation is 1. The van der Waals surface area contributed by atoms with Gasteiger partial charge < -0.3 is 5.11 Å². The number of hydrogen-bond acceptors (Lipinski definition) is 1. The Morgan fingerprint density at radius 3 is 2.35 bits per heavy atom. The van der Waals surface area contributed by atoms with Crippen LogP contribution >= 0.6 is 39.1 Å². The predicted octanol–water partition coefficient (Wildman–Crippen LogP) is 5.46. The lowest BCUT2D eigenvalue weighted by atomic mass is 9.93. The van der Waals surface area contributed by atoms with Gasteiger partial charge in [0.1, 0.15) is 0 Å². The molecule has 2 aromatic rings. The largest absolute Gasteiger partial charge is 0.396 e. The molecule has 0 bridgehead atoms. The number of benzene rings is 2. The highest BCUT2D eigenvalue weighted by atomic mass is 79.9. The van der Waals surface area contributed by atoms with Crippen LogP contribution in [0.4, 0.5) is 0 Å². The van der Waals surface area contributed by atoms with Crippen LogP contribution in [0.5, 0.6) is 0 Å². The topological polar surface area (TPSA) is 20.2 Å². The third-order valence-electron chi connectivity index (χ3n) is 3.32. The fourth-order valence-corrected chi connectivity index (χ4v) is 3.00. The number of aliphatic hydroxyl groups is 1. The molecule has 1 N–H and O–H groups in total. The highest BCUT2D eigenvalue weighted by Gasteiger charge is 2.14. The normalized spacial score (nSPS) is 12.4. The van der Waals surface area contributed by atoms with Gasteiger partial charge >= 0.3 is 0 Å². The van der Waals surface area contributed by atoms with Crippen molar-refractivity contribution < 1.29 is 5.11 Å². The minimum Gasteiger partial charge on any atom is -0.396 e. The lowest BCUT2D eigenvalue weighted by Crippen LogP contribution is -2.06. The van der Waals surface area contributed by atoms with Crippen molar-refractivity contribution >= 4 is 39.1 Å². The Labute approximate surface area is 137 Å². The summed E-state index contributed by atoms with van der Waals surface area (Å²) in [5.74, 6) is 0.0309. The summed E-state index contributed by atoms with van der Waals surface area (Å²) in [4.78, 5) is 0. The molecule has 0 aliphatic rings. The van der Waals surface area contributed by atoms with Gasteiger partial charge in [-0.1, -0.05) is 57.3 Å². The van der Waals surface area contributed by atoms with E-state index in [1.165, 1.54) is 5.56 Å². The summed E-state index contributed by atoms with van der Waals surface area (Å²) in [6, 6.07) is 13.7. The van der Waals surface area contributed by atoms with Gasteiger partial charge in [0.2, 0.25) is 0 Å². The van der Waals surface area contributed by atoms with Gasteiger partial charge in [-0.25, -0.2) is 0 Å². The van der Waals surface area contributed by atoms with Crippen LogP contribution in [0.3, 0.4) is 0 Å². The maximum Gasteiger partial charge on any atom is 0.0500 e. The molecule has 0 spiro atoms. The van der Waals surface area contributed by atoms with E-state index in [9.17, 15) is 5.11 Å². The zero-order chi connectivity index (χ0) is 14.5. The average molecular weight is 374 g/mol. The van der Waals surface area contributed by atoms with Crippen LogP contribution in [0, 0.1) is 0 Å². The zero-order valence-electron chi connectivity index (χ0n) is 10.8. The first kappa shape index (κ1) is 15.8. The van der Waals surface area contributed by atoms with E-state index in [1.54, 1.807) is 6.07 Å². The van der Waals surface area contributed by atoms with Crippen LogP contribution < -0.4 is 0 Å². The highest BCUT2D eigenvalue weighted by molar-refractivity contribution is 9.10. The van der Waals surface area contributed by atoms with E-state index in [0.717, 1.165) is 22.9 Å². The maximum atomic E-state index is 9.60. The molecule has 20 heavy (non-hydrogen) atoms. The minimum absolute atomic E-state index is 0.0309. The van der Waals surface area contributed by atoms with E-state index in [-0.39, 0.29) is 12.5 Å². The summed E-state index contributed by atoms with van der Waals surface area (Å²) in [7, 11) is 0. The third-order valence-corrected chi connectivity index (χ3v) is 4.41. The minimum atomic E-state index is 0.0309. The standard InChI is InChI=1S/C16H15BrCl2O/c17-13-5-2-11(3-6-13)1-4-12(10-20)15-8-7-14(18)9-16(15)19/h2-3,5-9,12,20H,1,4,10H2/t12-/m1/s1. The number of halogens is 3. The molecule has 1 atom stereocenters. The monoisotopic (exact) mass is 372 g/mol. The summed E-state index contributed by atoms with van der Waals surface area (Å²) in [6.45, 7) is 0.0812. The predicted molar refractivity (Wildman–Crippen MR) is 88.8 cm³/mol.